The molecule has 3 rings (SSSR count). The summed E-state index contributed by atoms with van der Waals surface area (Å²) in [5, 5.41) is 4.29. The van der Waals surface area contributed by atoms with Gasteiger partial charge in [0.05, 0.1) is 0 Å². The van der Waals surface area contributed by atoms with E-state index in [9.17, 15) is 0 Å². The van der Waals surface area contributed by atoms with Crippen molar-refractivity contribution in [2.45, 2.75) is 149 Å². The third kappa shape index (κ3) is 17.0. The van der Waals surface area contributed by atoms with E-state index in [0.717, 1.165) is 32.5 Å². The van der Waals surface area contributed by atoms with Gasteiger partial charge >= 0.3 is 0 Å². The minimum absolute atomic E-state index is 0.0114. The predicted molar refractivity (Wildman–Crippen MR) is 227 cm³/mol. The topological polar surface area (TPSA) is 18.5 Å². The Labute approximate surface area is 315 Å². The van der Waals surface area contributed by atoms with E-state index in [1.807, 2.05) is 0 Å². The Morgan fingerprint density at radius 1 is 0.510 bits per heavy atom. The van der Waals surface area contributed by atoms with Crippen molar-refractivity contribution in [1.29, 1.82) is 0 Å². The van der Waals surface area contributed by atoms with Gasteiger partial charge in [-0.15, -0.1) is 0 Å². The molecule has 0 spiro atoms. The van der Waals surface area contributed by atoms with Crippen LogP contribution in [0.5, 0.6) is 0 Å². The SMILES string of the molecule is CCCCCCCCOC(CCCCC/C=C\CCCc1ccc([P+](I)(c2ccccc2)c2ccccc2)cc1)OCCCCCCCC. The number of benzene rings is 3. The largest absolute Gasteiger partial charge is 0.353 e. The van der Waals surface area contributed by atoms with Crippen LogP contribution in [0.4, 0.5) is 0 Å². The summed E-state index contributed by atoms with van der Waals surface area (Å²) in [6.07, 6.45) is 29.8. The van der Waals surface area contributed by atoms with Gasteiger partial charge < -0.3 is 9.47 Å². The molecule has 0 aliphatic carbocycles. The van der Waals surface area contributed by atoms with E-state index >= 15 is 0 Å². The van der Waals surface area contributed by atoms with Gasteiger partial charge in [-0.05, 0) is 99.7 Å². The van der Waals surface area contributed by atoms with E-state index in [1.54, 1.807) is 0 Å². The van der Waals surface area contributed by atoms with Gasteiger partial charge in [-0.1, -0.05) is 145 Å². The van der Waals surface area contributed by atoms with Crippen LogP contribution in [0.1, 0.15) is 141 Å². The third-order valence-corrected chi connectivity index (χ3v) is 17.5. The van der Waals surface area contributed by atoms with E-state index in [1.165, 1.54) is 131 Å². The van der Waals surface area contributed by atoms with Gasteiger partial charge in [-0.2, -0.15) is 0 Å². The first-order chi connectivity index (χ1) is 24.2. The van der Waals surface area contributed by atoms with Crippen molar-refractivity contribution in [3.63, 3.8) is 0 Å². The fraction of sp³-hybridized carbons (Fsp3) is 0.556. The van der Waals surface area contributed by atoms with Crippen molar-refractivity contribution < 1.29 is 9.47 Å². The Balaban J connectivity index is 1.32. The van der Waals surface area contributed by atoms with Gasteiger partial charge in [0.2, 0.25) is 0 Å². The quantitative estimate of drug-likeness (QED) is 0.0229. The van der Waals surface area contributed by atoms with Crippen molar-refractivity contribution >= 4 is 42.9 Å². The van der Waals surface area contributed by atoms with Gasteiger partial charge in [-0.25, -0.2) is 0 Å². The molecule has 0 amide bonds. The van der Waals surface area contributed by atoms with Crippen LogP contribution in [0.15, 0.2) is 97.1 Å². The van der Waals surface area contributed by atoms with E-state index < -0.39 is 4.90 Å². The fourth-order valence-electron chi connectivity index (χ4n) is 6.40. The van der Waals surface area contributed by atoms with Crippen LogP contribution >= 0.6 is 26.9 Å². The molecule has 49 heavy (non-hydrogen) atoms. The Morgan fingerprint density at radius 2 is 0.959 bits per heavy atom. The molecular weight excluding hydrogens is 730 g/mol. The molecule has 0 radical (unpaired) electrons. The molecule has 0 aromatic heterocycles. The van der Waals surface area contributed by atoms with Crippen LogP contribution in [0, 0.1) is 0 Å². The Morgan fingerprint density at radius 3 is 1.49 bits per heavy atom. The average molecular weight is 798 g/mol. The summed E-state index contributed by atoms with van der Waals surface area (Å²) in [5.74, 6) is 0. The van der Waals surface area contributed by atoms with Gasteiger partial charge in [0.1, 0.15) is 15.9 Å². The average Bonchev–Trinajstić information content (AvgIpc) is 3.15. The highest BCUT2D eigenvalue weighted by molar-refractivity contribution is 14.2. The Kier molecular flexibility index (Phi) is 23.2. The second kappa shape index (κ2) is 27.2. The molecule has 4 heteroatoms. The molecule has 3 aromatic carbocycles. The van der Waals surface area contributed by atoms with Crippen LogP contribution in [-0.2, 0) is 15.9 Å². The van der Waals surface area contributed by atoms with E-state index in [4.69, 9.17) is 9.47 Å². The number of unbranched alkanes of at least 4 members (excludes halogenated alkanes) is 14. The number of ether oxygens (including phenoxy) is 2. The van der Waals surface area contributed by atoms with Crippen LogP contribution in [0.25, 0.3) is 0 Å². The number of allylic oxidation sites excluding steroid dienone is 2. The molecule has 0 saturated carbocycles. The maximum Gasteiger partial charge on any atom is 0.173 e. The zero-order valence-electron chi connectivity index (χ0n) is 31.0. The molecule has 0 aliphatic heterocycles. The Hall–Kier alpha value is -1.52. The molecule has 3 aromatic rings. The zero-order chi connectivity index (χ0) is 34.7. The lowest BCUT2D eigenvalue weighted by Crippen LogP contribution is -2.26. The maximum atomic E-state index is 6.23. The third-order valence-electron chi connectivity index (χ3n) is 9.43. The predicted octanol–water partition coefficient (Wildman–Crippen LogP) is 13.2. The first-order valence-electron chi connectivity index (χ1n) is 19.9. The van der Waals surface area contributed by atoms with Crippen molar-refractivity contribution in [2.24, 2.45) is 0 Å². The normalized spacial score (nSPS) is 12.0. The minimum Gasteiger partial charge on any atom is -0.353 e. The van der Waals surface area contributed by atoms with E-state index in [-0.39, 0.29) is 6.29 Å². The van der Waals surface area contributed by atoms with Gasteiger partial charge in [0, 0.05) is 13.2 Å². The molecule has 0 aliphatic rings. The molecule has 0 N–H and O–H groups in total. The van der Waals surface area contributed by atoms with Crippen LogP contribution in [-0.4, -0.2) is 19.5 Å². The van der Waals surface area contributed by atoms with Gasteiger partial charge in [0.15, 0.2) is 33.2 Å². The smallest absolute Gasteiger partial charge is 0.173 e. The summed E-state index contributed by atoms with van der Waals surface area (Å²) >= 11 is 2.75. The number of hydrogen-bond acceptors (Lipinski definition) is 2. The van der Waals surface area contributed by atoms with Crippen molar-refractivity contribution in [3.05, 3.63) is 103 Å². The summed E-state index contributed by atoms with van der Waals surface area (Å²) < 4.78 is 12.5. The lowest BCUT2D eigenvalue weighted by molar-refractivity contribution is -0.148. The summed E-state index contributed by atoms with van der Waals surface area (Å²) in [5.41, 5.74) is 1.44. The van der Waals surface area contributed by atoms with E-state index in [2.05, 4.69) is 133 Å². The highest BCUT2D eigenvalue weighted by atomic mass is 127. The fourth-order valence-corrected chi connectivity index (χ4v) is 11.9. The lowest BCUT2D eigenvalue weighted by Gasteiger charge is -2.20. The van der Waals surface area contributed by atoms with Crippen LogP contribution in [0.2, 0.25) is 0 Å². The molecule has 0 bridgehead atoms. The Bertz CT molecular complexity index is 1160. The van der Waals surface area contributed by atoms with Crippen molar-refractivity contribution in [2.75, 3.05) is 13.2 Å². The van der Waals surface area contributed by atoms with Crippen molar-refractivity contribution in [1.82, 2.24) is 0 Å². The van der Waals surface area contributed by atoms with Crippen molar-refractivity contribution in [3.8, 4) is 0 Å². The van der Waals surface area contributed by atoms with Crippen LogP contribution < -0.4 is 15.9 Å². The monoisotopic (exact) mass is 797 g/mol. The summed E-state index contributed by atoms with van der Waals surface area (Å²) in [6, 6.07) is 31.6. The summed E-state index contributed by atoms with van der Waals surface area (Å²) in [4.78, 5) is -1.68. The molecule has 2 nitrogen and oxygen atoms in total. The van der Waals surface area contributed by atoms with E-state index in [0.29, 0.717) is 0 Å². The lowest BCUT2D eigenvalue weighted by atomic mass is 10.1. The standard InChI is InChI=1S/C45H67IO2P/c1-3-5-7-9-17-27-39-47-45(48-40-28-18-10-8-6-4-2)34-26-16-14-12-11-13-15-21-29-41-35-37-44(38-36-41)49(46,42-30-22-19-23-31-42)43-32-24-20-25-33-43/h11,13,19-20,22-25,30-33,35-38,45H,3-10,12,14-18,21,26-29,34,39-40H2,1-2H3/q+1/b13-11-. The molecule has 0 heterocycles. The second-order valence-corrected chi connectivity index (χ2v) is 20.7. The molecule has 0 atom stereocenters. The van der Waals surface area contributed by atoms with Gasteiger partial charge in [-0.3, -0.25) is 0 Å². The number of aryl methyl sites for hydroxylation is 1. The number of hydrogen-bond donors (Lipinski definition) is 0. The van der Waals surface area contributed by atoms with Gasteiger partial charge in [0.25, 0.3) is 0 Å². The molecule has 0 saturated heterocycles. The molecule has 0 unspecified atom stereocenters. The first kappa shape index (κ1) is 41.9. The molecular formula is C45H67IO2P+. The highest BCUT2D eigenvalue weighted by Crippen LogP contribution is 2.63. The summed E-state index contributed by atoms with van der Waals surface area (Å²) in [7, 11) is 0. The van der Waals surface area contributed by atoms with Crippen LogP contribution in [0.3, 0.4) is 0 Å². The number of rotatable bonds is 29. The second-order valence-electron chi connectivity index (χ2n) is 13.6. The maximum absolute atomic E-state index is 6.23. The molecule has 0 fully saturated rings. The molecule has 270 valence electrons. The zero-order valence-corrected chi connectivity index (χ0v) is 34.1. The minimum atomic E-state index is -1.68. The first-order valence-corrected chi connectivity index (χ1v) is 24.4. The number of halogens is 1. The summed E-state index contributed by atoms with van der Waals surface area (Å²) in [6.45, 7) is 6.26. The highest BCUT2D eigenvalue weighted by Gasteiger charge is 2.43.